The first-order valence-corrected chi connectivity index (χ1v) is 5.61. The van der Waals surface area contributed by atoms with E-state index in [9.17, 15) is 4.39 Å². The van der Waals surface area contributed by atoms with Crippen molar-refractivity contribution in [3.8, 4) is 0 Å². The Kier molecular flexibility index (Phi) is 3.35. The van der Waals surface area contributed by atoms with Crippen molar-refractivity contribution >= 4 is 22.6 Å². The predicted molar refractivity (Wildman–Crippen MR) is 60.7 cm³/mol. The molecular weight excluding hydrogens is 296 g/mol. The van der Waals surface area contributed by atoms with E-state index < -0.39 is 0 Å². The van der Waals surface area contributed by atoms with Crippen LogP contribution < -0.4 is 5.32 Å². The molecule has 2 rings (SSSR count). The van der Waals surface area contributed by atoms with Gasteiger partial charge in [-0.05, 0) is 46.4 Å². The number of benzene rings is 1. The lowest BCUT2D eigenvalue weighted by Crippen LogP contribution is -2.35. The number of hydrogen-bond donors (Lipinski definition) is 1. The van der Waals surface area contributed by atoms with Gasteiger partial charge in [-0.3, -0.25) is 0 Å². The summed E-state index contributed by atoms with van der Waals surface area (Å²) in [6, 6.07) is 4.98. The molecule has 0 radical (unpaired) electrons. The van der Waals surface area contributed by atoms with E-state index in [2.05, 4.69) is 27.9 Å². The summed E-state index contributed by atoms with van der Waals surface area (Å²) in [6.45, 7) is 2.19. The van der Waals surface area contributed by atoms with E-state index in [4.69, 9.17) is 4.74 Å². The van der Waals surface area contributed by atoms with Gasteiger partial charge >= 0.3 is 0 Å². The van der Waals surface area contributed by atoms with Gasteiger partial charge in [-0.2, -0.15) is 0 Å². The molecule has 1 N–H and O–H groups in total. The minimum absolute atomic E-state index is 0.131. The second-order valence-electron chi connectivity index (χ2n) is 3.25. The highest BCUT2D eigenvalue weighted by Gasteiger charge is 2.17. The van der Waals surface area contributed by atoms with Gasteiger partial charge in [0.15, 0.2) is 0 Å². The lowest BCUT2D eigenvalue weighted by atomic mass is 10.1. The van der Waals surface area contributed by atoms with Crippen LogP contribution in [0.2, 0.25) is 0 Å². The van der Waals surface area contributed by atoms with Crippen molar-refractivity contribution in [2.75, 3.05) is 19.8 Å². The SMILES string of the molecule is Fc1ccc(I)c(C2COCCN2)c1. The van der Waals surface area contributed by atoms with E-state index >= 15 is 0 Å². The van der Waals surface area contributed by atoms with Gasteiger partial charge in [0, 0.05) is 10.1 Å². The Hall–Kier alpha value is -0.200. The maximum Gasteiger partial charge on any atom is 0.123 e. The van der Waals surface area contributed by atoms with Gasteiger partial charge in [0.25, 0.3) is 0 Å². The largest absolute Gasteiger partial charge is 0.378 e. The number of rotatable bonds is 1. The van der Waals surface area contributed by atoms with Crippen molar-refractivity contribution in [2.24, 2.45) is 0 Å². The van der Waals surface area contributed by atoms with E-state index in [-0.39, 0.29) is 11.9 Å². The van der Waals surface area contributed by atoms with Crippen LogP contribution in [-0.4, -0.2) is 19.8 Å². The molecule has 1 saturated heterocycles. The molecule has 1 aliphatic rings. The van der Waals surface area contributed by atoms with Gasteiger partial charge in [-0.15, -0.1) is 0 Å². The van der Waals surface area contributed by atoms with Crippen LogP contribution in [0.4, 0.5) is 4.39 Å². The summed E-state index contributed by atoms with van der Waals surface area (Å²) in [5.41, 5.74) is 0.991. The molecule has 1 aliphatic heterocycles. The average Bonchev–Trinajstić information content (AvgIpc) is 2.23. The normalized spacial score (nSPS) is 22.3. The smallest absolute Gasteiger partial charge is 0.123 e. The molecule has 0 bridgehead atoms. The van der Waals surface area contributed by atoms with Crippen LogP contribution in [-0.2, 0) is 4.74 Å². The Morgan fingerprint density at radius 2 is 2.36 bits per heavy atom. The standard InChI is InChI=1S/C10H11FINO/c11-7-1-2-9(12)8(5-7)10-6-14-4-3-13-10/h1-2,5,10,13H,3-4,6H2. The topological polar surface area (TPSA) is 21.3 Å². The Balaban J connectivity index is 2.24. The third-order valence-electron chi connectivity index (χ3n) is 2.26. The minimum Gasteiger partial charge on any atom is -0.378 e. The molecule has 0 aliphatic carbocycles. The molecule has 1 aromatic rings. The fraction of sp³-hybridized carbons (Fsp3) is 0.400. The van der Waals surface area contributed by atoms with E-state index in [1.165, 1.54) is 6.07 Å². The van der Waals surface area contributed by atoms with Gasteiger partial charge < -0.3 is 10.1 Å². The van der Waals surface area contributed by atoms with Gasteiger partial charge in [0.05, 0.1) is 19.3 Å². The lowest BCUT2D eigenvalue weighted by Gasteiger charge is -2.25. The van der Waals surface area contributed by atoms with Crippen LogP contribution in [0.25, 0.3) is 0 Å². The van der Waals surface area contributed by atoms with Crippen LogP contribution in [0.3, 0.4) is 0 Å². The Labute approximate surface area is 96.0 Å². The molecule has 0 spiro atoms. The van der Waals surface area contributed by atoms with Gasteiger partial charge in [-0.25, -0.2) is 4.39 Å². The average molecular weight is 307 g/mol. The van der Waals surface area contributed by atoms with Gasteiger partial charge in [-0.1, -0.05) is 0 Å². The summed E-state index contributed by atoms with van der Waals surface area (Å²) in [7, 11) is 0. The molecule has 1 heterocycles. The molecule has 1 unspecified atom stereocenters. The van der Waals surface area contributed by atoms with Crippen LogP contribution in [0, 0.1) is 9.39 Å². The van der Waals surface area contributed by atoms with Crippen molar-refractivity contribution < 1.29 is 9.13 Å². The first-order valence-electron chi connectivity index (χ1n) is 4.53. The molecule has 2 nitrogen and oxygen atoms in total. The highest BCUT2D eigenvalue weighted by molar-refractivity contribution is 14.1. The first-order chi connectivity index (χ1) is 6.77. The van der Waals surface area contributed by atoms with E-state index in [1.807, 2.05) is 0 Å². The number of morpholine rings is 1. The molecule has 0 amide bonds. The second kappa shape index (κ2) is 4.55. The quantitative estimate of drug-likeness (QED) is 0.802. The Morgan fingerprint density at radius 1 is 1.50 bits per heavy atom. The Morgan fingerprint density at radius 3 is 3.07 bits per heavy atom. The molecule has 76 valence electrons. The second-order valence-corrected chi connectivity index (χ2v) is 4.41. The molecular formula is C10H11FINO. The first kappa shape index (κ1) is 10.3. The summed E-state index contributed by atoms with van der Waals surface area (Å²) in [5.74, 6) is -0.187. The summed E-state index contributed by atoms with van der Waals surface area (Å²) in [4.78, 5) is 0. The van der Waals surface area contributed by atoms with Crippen LogP contribution >= 0.6 is 22.6 Å². The Bertz CT molecular complexity index is 326. The van der Waals surface area contributed by atoms with Crippen molar-refractivity contribution in [1.82, 2.24) is 5.32 Å². The molecule has 0 saturated carbocycles. The van der Waals surface area contributed by atoms with Crippen LogP contribution in [0.5, 0.6) is 0 Å². The molecule has 1 fully saturated rings. The third kappa shape index (κ3) is 2.24. The molecule has 1 aromatic carbocycles. The highest BCUT2D eigenvalue weighted by atomic mass is 127. The maximum absolute atomic E-state index is 13.0. The summed E-state index contributed by atoms with van der Waals surface area (Å²) >= 11 is 2.22. The van der Waals surface area contributed by atoms with Crippen LogP contribution in [0.1, 0.15) is 11.6 Å². The predicted octanol–water partition coefficient (Wildman–Crippen LogP) is 2.09. The zero-order chi connectivity index (χ0) is 9.97. The van der Waals surface area contributed by atoms with E-state index in [0.717, 1.165) is 22.3 Å². The molecule has 1 atom stereocenters. The highest BCUT2D eigenvalue weighted by Crippen LogP contribution is 2.22. The van der Waals surface area contributed by atoms with E-state index in [0.29, 0.717) is 6.61 Å². The van der Waals surface area contributed by atoms with Crippen molar-refractivity contribution in [3.05, 3.63) is 33.1 Å². The van der Waals surface area contributed by atoms with Crippen molar-refractivity contribution in [3.63, 3.8) is 0 Å². The summed E-state index contributed by atoms with van der Waals surface area (Å²) < 4.78 is 19.4. The number of hydrogen-bond acceptors (Lipinski definition) is 2. The molecule has 0 aromatic heterocycles. The maximum atomic E-state index is 13.0. The fourth-order valence-corrected chi connectivity index (χ4v) is 2.26. The van der Waals surface area contributed by atoms with Crippen molar-refractivity contribution in [1.29, 1.82) is 0 Å². The number of nitrogens with one attached hydrogen (secondary N) is 1. The van der Waals surface area contributed by atoms with Crippen LogP contribution in [0.15, 0.2) is 18.2 Å². The van der Waals surface area contributed by atoms with Gasteiger partial charge in [0.2, 0.25) is 0 Å². The zero-order valence-electron chi connectivity index (χ0n) is 7.59. The summed E-state index contributed by atoms with van der Waals surface area (Å²) in [5, 5.41) is 3.31. The molecule has 4 heteroatoms. The zero-order valence-corrected chi connectivity index (χ0v) is 9.75. The fourth-order valence-electron chi connectivity index (χ4n) is 1.55. The van der Waals surface area contributed by atoms with E-state index in [1.54, 1.807) is 12.1 Å². The number of ether oxygens (including phenoxy) is 1. The van der Waals surface area contributed by atoms with Crippen molar-refractivity contribution in [2.45, 2.75) is 6.04 Å². The monoisotopic (exact) mass is 307 g/mol. The molecule has 14 heavy (non-hydrogen) atoms. The summed E-state index contributed by atoms with van der Waals surface area (Å²) in [6.07, 6.45) is 0. The minimum atomic E-state index is -0.187. The third-order valence-corrected chi connectivity index (χ3v) is 3.24. The van der Waals surface area contributed by atoms with Gasteiger partial charge in [0.1, 0.15) is 5.82 Å². The number of halogens is 2. The lowest BCUT2D eigenvalue weighted by molar-refractivity contribution is 0.0765.